The molecule has 0 amide bonds. The van der Waals surface area contributed by atoms with E-state index in [9.17, 15) is 39.3 Å². The molecule has 0 radical (unpaired) electrons. The Labute approximate surface area is 321 Å². The quantitative estimate of drug-likeness (QED) is 0.137. The highest BCUT2D eigenvalue weighted by Gasteiger charge is 2.49. The summed E-state index contributed by atoms with van der Waals surface area (Å²) in [6.07, 6.45) is 2.58. The number of aliphatic hydroxyl groups is 1. The second-order valence-electron chi connectivity index (χ2n) is 13.2. The van der Waals surface area contributed by atoms with Crippen molar-refractivity contribution in [3.8, 4) is 23.0 Å². The molecule has 0 bridgehead atoms. The summed E-state index contributed by atoms with van der Waals surface area (Å²) >= 11 is 3.24. The van der Waals surface area contributed by atoms with Crippen LogP contribution in [0.25, 0.3) is 0 Å². The lowest BCUT2D eigenvalue weighted by molar-refractivity contribution is -0.151. The lowest BCUT2D eigenvalue weighted by Gasteiger charge is -2.31. The molecule has 0 saturated carbocycles. The predicted octanol–water partition coefficient (Wildman–Crippen LogP) is 7.41. The molecule has 54 heavy (non-hydrogen) atoms. The summed E-state index contributed by atoms with van der Waals surface area (Å²) in [5.74, 6) is -5.02. The number of phenols is 1. The van der Waals surface area contributed by atoms with E-state index in [-0.39, 0.29) is 67.3 Å². The van der Waals surface area contributed by atoms with Crippen LogP contribution in [0.15, 0.2) is 34.0 Å². The van der Waals surface area contributed by atoms with Crippen molar-refractivity contribution in [2.24, 2.45) is 0 Å². The van der Waals surface area contributed by atoms with E-state index in [0.29, 0.717) is 45.4 Å². The number of aromatic hydroxyl groups is 1. The van der Waals surface area contributed by atoms with E-state index >= 15 is 0 Å². The first-order valence-corrected chi connectivity index (χ1v) is 17.9. The summed E-state index contributed by atoms with van der Waals surface area (Å²) in [7, 11) is 1.20. The van der Waals surface area contributed by atoms with Gasteiger partial charge in [-0.1, -0.05) is 13.8 Å². The number of carboxylic acid groups (broad SMARTS) is 1. The van der Waals surface area contributed by atoms with Crippen molar-refractivity contribution in [2.75, 3.05) is 7.11 Å². The standard InChI is InChI=1S/C41H43BrO12/c1-12-25-15-26(43)16-29(51-11)41(25,50)40(49)54-36-23(9)20(6)32(34(44)33(36)42)39(48)52-28-14-17(3)30(24(10)27(28)13-2)38(47)53-35-21(7)18(4)31(37(45)46)19(5)22(35)8/h14-16,44,50H,12-13H2,1-11H3,(H,45,46)/t41-/m1/s1. The normalized spacial score (nSPS) is 15.3. The topological polar surface area (TPSA) is 183 Å². The maximum absolute atomic E-state index is 13.8. The predicted molar refractivity (Wildman–Crippen MR) is 202 cm³/mol. The summed E-state index contributed by atoms with van der Waals surface area (Å²) in [5.41, 5.74) is 1.79. The van der Waals surface area contributed by atoms with Crippen LogP contribution >= 0.6 is 15.9 Å². The molecule has 0 aromatic heterocycles. The monoisotopic (exact) mass is 806 g/mol. The molecule has 3 aromatic carbocycles. The molecule has 0 aliphatic heterocycles. The van der Waals surface area contributed by atoms with Crippen molar-refractivity contribution in [1.29, 1.82) is 0 Å². The van der Waals surface area contributed by atoms with Crippen molar-refractivity contribution < 1.29 is 58.2 Å². The van der Waals surface area contributed by atoms with Gasteiger partial charge in [0.1, 0.15) is 33.0 Å². The van der Waals surface area contributed by atoms with Gasteiger partial charge in [0.2, 0.25) is 5.60 Å². The van der Waals surface area contributed by atoms with E-state index in [1.807, 2.05) is 6.92 Å². The number of hydrogen-bond acceptors (Lipinski definition) is 11. The fourth-order valence-corrected chi connectivity index (χ4v) is 7.42. The van der Waals surface area contributed by atoms with Gasteiger partial charge in [0.05, 0.1) is 18.2 Å². The van der Waals surface area contributed by atoms with E-state index in [1.54, 1.807) is 55.4 Å². The van der Waals surface area contributed by atoms with Crippen LogP contribution in [-0.4, -0.2) is 57.7 Å². The zero-order valence-corrected chi connectivity index (χ0v) is 33.6. The first-order valence-electron chi connectivity index (χ1n) is 17.1. The number of esters is 3. The zero-order chi connectivity index (χ0) is 40.7. The van der Waals surface area contributed by atoms with E-state index in [4.69, 9.17) is 18.9 Å². The van der Waals surface area contributed by atoms with E-state index < -0.39 is 41.0 Å². The number of hydrogen-bond donors (Lipinski definition) is 3. The number of phenolic OH excluding ortho intramolecular Hbond substituents is 1. The number of ketones is 1. The fourth-order valence-electron chi connectivity index (χ4n) is 6.84. The van der Waals surface area contributed by atoms with Gasteiger partial charge in [-0.3, -0.25) is 4.79 Å². The lowest BCUT2D eigenvalue weighted by Crippen LogP contribution is -2.48. The number of methoxy groups -OCH3 is 1. The molecule has 12 nitrogen and oxygen atoms in total. The molecular weight excluding hydrogens is 764 g/mol. The van der Waals surface area contributed by atoms with Crippen LogP contribution in [0.1, 0.15) is 101 Å². The van der Waals surface area contributed by atoms with Crippen LogP contribution in [0.2, 0.25) is 0 Å². The molecule has 286 valence electrons. The maximum atomic E-state index is 13.8. The molecular formula is C41H43BrO12. The molecule has 1 atom stereocenters. The number of carbonyl (C=O) groups excluding carboxylic acids is 4. The molecule has 0 fully saturated rings. The molecule has 0 unspecified atom stereocenters. The van der Waals surface area contributed by atoms with Gasteiger partial charge >= 0.3 is 23.9 Å². The molecule has 0 spiro atoms. The van der Waals surface area contributed by atoms with Crippen molar-refractivity contribution in [3.05, 3.63) is 101 Å². The van der Waals surface area contributed by atoms with Gasteiger partial charge in [0.25, 0.3) is 0 Å². The molecule has 0 heterocycles. The Morgan fingerprint density at radius 1 is 0.722 bits per heavy atom. The molecule has 3 N–H and O–H groups in total. The van der Waals surface area contributed by atoms with Crippen LogP contribution in [0, 0.1) is 55.4 Å². The second-order valence-corrected chi connectivity index (χ2v) is 14.0. The molecule has 4 rings (SSSR count). The van der Waals surface area contributed by atoms with Crippen molar-refractivity contribution in [2.45, 2.75) is 87.7 Å². The van der Waals surface area contributed by atoms with E-state index in [1.165, 1.54) is 20.1 Å². The largest absolute Gasteiger partial charge is 0.506 e. The summed E-state index contributed by atoms with van der Waals surface area (Å²) < 4.78 is 22.4. The third-order valence-electron chi connectivity index (χ3n) is 10.2. The van der Waals surface area contributed by atoms with Crippen LogP contribution < -0.4 is 14.2 Å². The number of rotatable bonds is 10. The Kier molecular flexibility index (Phi) is 12.0. The number of halogens is 1. The van der Waals surface area contributed by atoms with Gasteiger partial charge in [-0.15, -0.1) is 0 Å². The van der Waals surface area contributed by atoms with Crippen molar-refractivity contribution in [3.63, 3.8) is 0 Å². The van der Waals surface area contributed by atoms with Crippen molar-refractivity contribution in [1.82, 2.24) is 0 Å². The molecule has 0 saturated heterocycles. The first kappa shape index (κ1) is 41.5. The fraction of sp³-hybridized carbons (Fsp3) is 0.341. The maximum Gasteiger partial charge on any atom is 0.356 e. The number of carbonyl (C=O) groups is 5. The highest BCUT2D eigenvalue weighted by Crippen LogP contribution is 2.44. The minimum atomic E-state index is -2.42. The number of benzene rings is 3. The SMILES string of the molecule is CCC1=CC(=O)C=C(OC)[C@@]1(O)C(=O)Oc1c(C)c(C)c(C(=O)Oc2cc(C)c(C(=O)Oc3c(C)c(C)c(C(=O)O)c(C)c3C)c(C)c2CC)c(O)c1Br. The highest BCUT2D eigenvalue weighted by molar-refractivity contribution is 9.10. The number of carboxylic acids is 1. The summed E-state index contributed by atoms with van der Waals surface area (Å²) in [6.45, 7) is 16.6. The summed E-state index contributed by atoms with van der Waals surface area (Å²) in [6, 6.07) is 1.53. The number of aromatic carboxylic acids is 1. The third-order valence-corrected chi connectivity index (χ3v) is 11.0. The van der Waals surface area contributed by atoms with Crippen molar-refractivity contribution >= 4 is 45.6 Å². The Hall–Kier alpha value is -5.27. The summed E-state index contributed by atoms with van der Waals surface area (Å²) in [5, 5.41) is 32.5. The van der Waals surface area contributed by atoms with Gasteiger partial charge in [-0.2, -0.15) is 0 Å². The molecule has 3 aromatic rings. The van der Waals surface area contributed by atoms with E-state index in [2.05, 4.69) is 15.9 Å². The second kappa shape index (κ2) is 15.6. The Morgan fingerprint density at radius 3 is 1.78 bits per heavy atom. The van der Waals surface area contributed by atoms with Crippen LogP contribution in [0.4, 0.5) is 0 Å². The average molecular weight is 808 g/mol. The molecule has 13 heteroatoms. The summed E-state index contributed by atoms with van der Waals surface area (Å²) in [4.78, 5) is 65.1. The first-order chi connectivity index (χ1) is 25.2. The lowest BCUT2D eigenvalue weighted by atomic mass is 9.84. The minimum Gasteiger partial charge on any atom is -0.506 e. The van der Waals surface area contributed by atoms with Crippen LogP contribution in [0.3, 0.4) is 0 Å². The smallest absolute Gasteiger partial charge is 0.356 e. The number of aryl methyl sites for hydroxylation is 1. The number of allylic oxidation sites excluding steroid dienone is 2. The Morgan fingerprint density at radius 2 is 1.26 bits per heavy atom. The Bertz CT molecular complexity index is 2140. The van der Waals surface area contributed by atoms with Crippen LogP contribution in [0.5, 0.6) is 23.0 Å². The van der Waals surface area contributed by atoms with Gasteiger partial charge < -0.3 is 34.3 Å². The molecule has 1 aliphatic carbocycles. The average Bonchev–Trinajstić information content (AvgIpc) is 3.10. The molecule has 1 aliphatic rings. The van der Waals surface area contributed by atoms with Gasteiger partial charge in [0, 0.05) is 6.08 Å². The van der Waals surface area contributed by atoms with Gasteiger partial charge in [-0.05, 0) is 152 Å². The highest BCUT2D eigenvalue weighted by atomic mass is 79.9. The van der Waals surface area contributed by atoms with Gasteiger partial charge in [-0.25, -0.2) is 19.2 Å². The third kappa shape index (κ3) is 6.93. The zero-order valence-electron chi connectivity index (χ0n) is 32.0. The Balaban J connectivity index is 1.70. The van der Waals surface area contributed by atoms with Gasteiger partial charge in [0.15, 0.2) is 11.5 Å². The number of ether oxygens (including phenoxy) is 4. The minimum absolute atomic E-state index is 0.0492. The van der Waals surface area contributed by atoms with E-state index in [0.717, 1.165) is 12.2 Å². The van der Waals surface area contributed by atoms with Crippen LogP contribution in [-0.2, 0) is 20.7 Å².